The van der Waals surface area contributed by atoms with Crippen molar-refractivity contribution in [2.24, 2.45) is 5.73 Å². The minimum atomic E-state index is -0.768. The molecule has 32 heavy (non-hydrogen) atoms. The van der Waals surface area contributed by atoms with Crippen LogP contribution in [0.2, 0.25) is 0 Å². The maximum atomic E-state index is 10.6. The van der Waals surface area contributed by atoms with Gasteiger partial charge in [-0.05, 0) is 60.4 Å². The number of rotatable bonds is 12. The van der Waals surface area contributed by atoms with Crippen LogP contribution in [0.15, 0.2) is 83.1 Å². The van der Waals surface area contributed by atoms with Gasteiger partial charge in [0, 0.05) is 18.4 Å². The summed E-state index contributed by atoms with van der Waals surface area (Å²) in [6, 6.07) is 19.1. The van der Waals surface area contributed by atoms with Crippen molar-refractivity contribution in [3.8, 4) is 17.1 Å². The van der Waals surface area contributed by atoms with Crippen molar-refractivity contribution in [2.45, 2.75) is 32.1 Å². The highest BCUT2D eigenvalue weighted by Crippen LogP contribution is 2.25. The van der Waals surface area contributed by atoms with Crippen LogP contribution < -0.4 is 10.5 Å². The molecule has 0 aliphatic carbocycles. The maximum Gasteiger partial charge on any atom is 0.303 e. The molecule has 6 heteroatoms. The lowest BCUT2D eigenvalue weighted by Gasteiger charge is -2.14. The number of furan rings is 1. The van der Waals surface area contributed by atoms with E-state index in [9.17, 15) is 4.79 Å². The minimum absolute atomic E-state index is 0.186. The fourth-order valence-electron chi connectivity index (χ4n) is 3.39. The molecule has 2 aromatic carbocycles. The molecule has 1 aromatic heterocycles. The number of ether oxygens (including phenoxy) is 1. The summed E-state index contributed by atoms with van der Waals surface area (Å²) in [5.41, 5.74) is 9.63. The molecule has 0 unspecified atom stereocenters. The molecular formula is C26H28N2O4. The van der Waals surface area contributed by atoms with Gasteiger partial charge in [0.1, 0.15) is 11.5 Å². The molecular weight excluding hydrogens is 404 g/mol. The summed E-state index contributed by atoms with van der Waals surface area (Å²) in [5.74, 6) is 0.771. The summed E-state index contributed by atoms with van der Waals surface area (Å²) >= 11 is 0. The Balaban J connectivity index is 1.61. The molecule has 0 bridgehead atoms. The first kappa shape index (κ1) is 22.9. The number of nitrogens with two attached hydrogens (primary N) is 1. The lowest BCUT2D eigenvalue weighted by molar-refractivity contribution is -0.137. The molecule has 0 atom stereocenters. The van der Waals surface area contributed by atoms with E-state index in [1.54, 1.807) is 6.26 Å². The molecule has 3 rings (SSSR count). The first-order chi connectivity index (χ1) is 15.6. The van der Waals surface area contributed by atoms with E-state index in [-0.39, 0.29) is 6.42 Å². The maximum absolute atomic E-state index is 10.6. The largest absolute Gasteiger partial charge is 0.493 e. The molecule has 3 aromatic rings. The number of carboxylic acid groups (broad SMARTS) is 1. The molecule has 0 saturated heterocycles. The zero-order chi connectivity index (χ0) is 22.8. The second-order valence-corrected chi connectivity index (χ2v) is 7.46. The second-order valence-electron chi connectivity index (χ2n) is 7.46. The van der Waals surface area contributed by atoms with Gasteiger partial charge < -0.3 is 20.0 Å². The average Bonchev–Trinajstić information content (AvgIpc) is 3.35. The van der Waals surface area contributed by atoms with Crippen LogP contribution in [-0.4, -0.2) is 23.4 Å². The number of hydrogen-bond donors (Lipinski definition) is 3. The van der Waals surface area contributed by atoms with Crippen LogP contribution in [0.4, 0.5) is 0 Å². The normalized spacial score (nSPS) is 11.3. The summed E-state index contributed by atoms with van der Waals surface area (Å²) < 4.78 is 11.4. The van der Waals surface area contributed by atoms with Gasteiger partial charge in [-0.2, -0.15) is 0 Å². The molecule has 0 aliphatic rings. The number of hydrogen-bond acceptors (Lipinski definition) is 5. The molecule has 0 fully saturated rings. The van der Waals surface area contributed by atoms with Crippen molar-refractivity contribution in [3.63, 3.8) is 0 Å². The summed E-state index contributed by atoms with van der Waals surface area (Å²) in [4.78, 5) is 10.6. The Hall–Kier alpha value is -3.80. The Morgan fingerprint density at radius 3 is 2.50 bits per heavy atom. The van der Waals surface area contributed by atoms with E-state index in [1.807, 2.05) is 60.7 Å². The zero-order valence-electron chi connectivity index (χ0n) is 17.9. The van der Waals surface area contributed by atoms with Crippen molar-refractivity contribution in [3.05, 3.63) is 89.8 Å². The van der Waals surface area contributed by atoms with Gasteiger partial charge in [0.2, 0.25) is 0 Å². The number of aliphatic carboxylic acids is 1. The third-order valence-corrected chi connectivity index (χ3v) is 5.15. The lowest BCUT2D eigenvalue weighted by atomic mass is 9.96. The quantitative estimate of drug-likeness (QED) is 0.261. The van der Waals surface area contributed by atoms with E-state index in [0.29, 0.717) is 30.7 Å². The van der Waals surface area contributed by atoms with Gasteiger partial charge >= 0.3 is 5.97 Å². The number of benzene rings is 2. The zero-order valence-corrected chi connectivity index (χ0v) is 17.9. The Morgan fingerprint density at radius 1 is 1.03 bits per heavy atom. The van der Waals surface area contributed by atoms with Crippen LogP contribution in [0.1, 0.15) is 36.8 Å². The molecule has 4 N–H and O–H groups in total. The van der Waals surface area contributed by atoms with E-state index in [2.05, 4.69) is 0 Å². The highest BCUT2D eigenvalue weighted by Gasteiger charge is 2.13. The summed E-state index contributed by atoms with van der Waals surface area (Å²) in [7, 11) is 0. The van der Waals surface area contributed by atoms with Gasteiger partial charge in [0.25, 0.3) is 0 Å². The third-order valence-electron chi connectivity index (χ3n) is 5.15. The fourth-order valence-corrected chi connectivity index (χ4v) is 3.39. The molecule has 0 amide bonds. The van der Waals surface area contributed by atoms with E-state index >= 15 is 0 Å². The topological polar surface area (TPSA) is 110 Å². The van der Waals surface area contributed by atoms with E-state index < -0.39 is 5.97 Å². The van der Waals surface area contributed by atoms with Gasteiger partial charge in [0.05, 0.1) is 18.6 Å². The van der Waals surface area contributed by atoms with Gasteiger partial charge in [-0.1, -0.05) is 42.5 Å². The first-order valence-electron chi connectivity index (χ1n) is 10.6. The predicted molar refractivity (Wildman–Crippen MR) is 125 cm³/mol. The van der Waals surface area contributed by atoms with Crippen LogP contribution in [0.25, 0.3) is 11.3 Å². The second kappa shape index (κ2) is 11.6. The van der Waals surface area contributed by atoms with E-state index in [0.717, 1.165) is 41.0 Å². The average molecular weight is 433 g/mol. The highest BCUT2D eigenvalue weighted by molar-refractivity contribution is 6.10. The van der Waals surface area contributed by atoms with Crippen molar-refractivity contribution >= 4 is 11.7 Å². The lowest BCUT2D eigenvalue weighted by Crippen LogP contribution is -2.10. The van der Waals surface area contributed by atoms with Crippen molar-refractivity contribution < 1.29 is 19.1 Å². The number of para-hydroxylation sites is 1. The van der Waals surface area contributed by atoms with Gasteiger partial charge in [-0.25, -0.2) is 0 Å². The summed E-state index contributed by atoms with van der Waals surface area (Å²) in [6.45, 7) is 0.518. The van der Waals surface area contributed by atoms with Crippen molar-refractivity contribution in [1.82, 2.24) is 0 Å². The monoisotopic (exact) mass is 432 g/mol. The number of nitrogens with one attached hydrogen (secondary N) is 1. The third kappa shape index (κ3) is 6.35. The summed E-state index contributed by atoms with van der Waals surface area (Å²) in [5, 5.41) is 17.3. The van der Waals surface area contributed by atoms with Crippen LogP contribution >= 0.6 is 0 Å². The SMILES string of the molecule is N=C(/C(=C\N)Cc1ccccc1OCCCCCC(=O)O)c1ccc(-c2ccco2)cc1. The highest BCUT2D eigenvalue weighted by atomic mass is 16.5. The molecule has 0 aliphatic heterocycles. The first-order valence-corrected chi connectivity index (χ1v) is 10.6. The Bertz CT molecular complexity index is 1050. The predicted octanol–water partition coefficient (Wildman–Crippen LogP) is 5.42. The van der Waals surface area contributed by atoms with Crippen LogP contribution in [0.5, 0.6) is 5.75 Å². The van der Waals surface area contributed by atoms with Crippen molar-refractivity contribution in [2.75, 3.05) is 6.61 Å². The van der Waals surface area contributed by atoms with E-state index in [1.165, 1.54) is 6.20 Å². The molecule has 0 radical (unpaired) electrons. The van der Waals surface area contributed by atoms with Gasteiger partial charge in [-0.3, -0.25) is 10.2 Å². The van der Waals surface area contributed by atoms with Crippen LogP contribution in [0, 0.1) is 5.41 Å². The molecule has 1 heterocycles. The molecule has 6 nitrogen and oxygen atoms in total. The Kier molecular flexibility index (Phi) is 8.26. The number of allylic oxidation sites excluding steroid dienone is 1. The number of unbranched alkanes of at least 4 members (excludes halogenated alkanes) is 2. The number of carboxylic acids is 1. The molecule has 0 spiro atoms. The van der Waals surface area contributed by atoms with Crippen molar-refractivity contribution in [1.29, 1.82) is 5.41 Å². The van der Waals surface area contributed by atoms with Gasteiger partial charge in [0.15, 0.2) is 0 Å². The molecule has 166 valence electrons. The molecule has 0 saturated carbocycles. The Morgan fingerprint density at radius 2 is 1.81 bits per heavy atom. The van der Waals surface area contributed by atoms with Crippen LogP contribution in [-0.2, 0) is 11.2 Å². The minimum Gasteiger partial charge on any atom is -0.493 e. The van der Waals surface area contributed by atoms with Gasteiger partial charge in [-0.15, -0.1) is 0 Å². The number of carbonyl (C=O) groups is 1. The smallest absolute Gasteiger partial charge is 0.303 e. The van der Waals surface area contributed by atoms with E-state index in [4.69, 9.17) is 25.4 Å². The standard InChI is InChI=1S/C26H28N2O4/c27-18-22(26(28)20-13-11-19(12-14-20)23-9-6-16-32-23)17-21-7-3-4-8-24(21)31-15-5-1-2-10-25(29)30/h3-4,6-9,11-14,16,18,28H,1-2,5,10,15,17,27H2,(H,29,30)/b22-18-,28-26?. The Labute approximate surface area is 187 Å². The summed E-state index contributed by atoms with van der Waals surface area (Å²) in [6.07, 6.45) is 6.02. The van der Waals surface area contributed by atoms with Crippen LogP contribution in [0.3, 0.4) is 0 Å². The fraction of sp³-hybridized carbons (Fsp3) is 0.231.